The highest BCUT2D eigenvalue weighted by Gasteiger charge is 2.42. The SMILES string of the molecule is CC(C)C1(N)CC(O)C1. The highest BCUT2D eigenvalue weighted by atomic mass is 16.3. The lowest BCUT2D eigenvalue weighted by Crippen LogP contribution is -2.57. The Morgan fingerprint density at radius 3 is 2.11 bits per heavy atom. The molecule has 2 heteroatoms. The van der Waals surface area contributed by atoms with Gasteiger partial charge in [0.1, 0.15) is 0 Å². The summed E-state index contributed by atoms with van der Waals surface area (Å²) in [6.07, 6.45) is 1.44. The third-order valence-electron chi connectivity index (χ3n) is 2.38. The van der Waals surface area contributed by atoms with Gasteiger partial charge in [-0.15, -0.1) is 0 Å². The van der Waals surface area contributed by atoms with Crippen molar-refractivity contribution < 1.29 is 5.11 Å². The molecule has 0 aromatic carbocycles. The van der Waals surface area contributed by atoms with Gasteiger partial charge in [0, 0.05) is 5.54 Å². The molecule has 2 nitrogen and oxygen atoms in total. The zero-order chi connectivity index (χ0) is 7.07. The largest absolute Gasteiger partial charge is 0.393 e. The molecule has 1 aliphatic carbocycles. The number of aliphatic hydroxyl groups excluding tert-OH is 1. The molecule has 1 aliphatic rings. The van der Waals surface area contributed by atoms with Gasteiger partial charge in [0.05, 0.1) is 6.10 Å². The molecule has 0 spiro atoms. The van der Waals surface area contributed by atoms with E-state index in [1.54, 1.807) is 0 Å². The lowest BCUT2D eigenvalue weighted by molar-refractivity contribution is -0.000396. The van der Waals surface area contributed by atoms with Crippen molar-refractivity contribution in [3.8, 4) is 0 Å². The number of hydrogen-bond donors (Lipinski definition) is 2. The third-order valence-corrected chi connectivity index (χ3v) is 2.38. The van der Waals surface area contributed by atoms with E-state index in [4.69, 9.17) is 10.8 Å². The van der Waals surface area contributed by atoms with Crippen molar-refractivity contribution in [2.75, 3.05) is 0 Å². The molecule has 0 aromatic heterocycles. The van der Waals surface area contributed by atoms with Crippen LogP contribution in [0.25, 0.3) is 0 Å². The molecule has 0 aromatic rings. The van der Waals surface area contributed by atoms with Gasteiger partial charge in [0.2, 0.25) is 0 Å². The molecule has 0 saturated heterocycles. The summed E-state index contributed by atoms with van der Waals surface area (Å²) in [5, 5.41) is 8.95. The van der Waals surface area contributed by atoms with Crippen LogP contribution in [0.3, 0.4) is 0 Å². The second kappa shape index (κ2) is 1.96. The van der Waals surface area contributed by atoms with Crippen molar-refractivity contribution >= 4 is 0 Å². The van der Waals surface area contributed by atoms with Crippen LogP contribution >= 0.6 is 0 Å². The number of nitrogens with two attached hydrogens (primary N) is 1. The van der Waals surface area contributed by atoms with E-state index in [9.17, 15) is 0 Å². The Balaban J connectivity index is 2.40. The van der Waals surface area contributed by atoms with Gasteiger partial charge in [0.25, 0.3) is 0 Å². The zero-order valence-electron chi connectivity index (χ0n) is 6.09. The maximum Gasteiger partial charge on any atom is 0.0575 e. The second-order valence-electron chi connectivity index (χ2n) is 3.45. The first-order chi connectivity index (χ1) is 4.04. The quantitative estimate of drug-likeness (QED) is 0.541. The van der Waals surface area contributed by atoms with E-state index >= 15 is 0 Å². The number of hydrogen-bond acceptors (Lipinski definition) is 2. The summed E-state index contributed by atoms with van der Waals surface area (Å²) in [5.74, 6) is 0.501. The van der Waals surface area contributed by atoms with Gasteiger partial charge >= 0.3 is 0 Å². The summed E-state index contributed by atoms with van der Waals surface area (Å²) in [5.41, 5.74) is 5.82. The molecule has 1 fully saturated rings. The van der Waals surface area contributed by atoms with E-state index in [-0.39, 0.29) is 11.6 Å². The Morgan fingerprint density at radius 2 is 2.00 bits per heavy atom. The first-order valence-corrected chi connectivity index (χ1v) is 3.51. The van der Waals surface area contributed by atoms with Gasteiger partial charge in [0.15, 0.2) is 0 Å². The Labute approximate surface area is 56.1 Å². The topological polar surface area (TPSA) is 46.2 Å². The molecule has 0 bridgehead atoms. The van der Waals surface area contributed by atoms with Crippen molar-refractivity contribution in [2.24, 2.45) is 11.7 Å². The van der Waals surface area contributed by atoms with E-state index in [1.807, 2.05) is 0 Å². The van der Waals surface area contributed by atoms with Crippen molar-refractivity contribution in [1.29, 1.82) is 0 Å². The van der Waals surface area contributed by atoms with Gasteiger partial charge < -0.3 is 10.8 Å². The van der Waals surface area contributed by atoms with E-state index in [0.717, 1.165) is 12.8 Å². The van der Waals surface area contributed by atoms with Crippen molar-refractivity contribution in [3.63, 3.8) is 0 Å². The summed E-state index contributed by atoms with van der Waals surface area (Å²) in [6, 6.07) is 0. The molecule has 0 radical (unpaired) electrons. The van der Waals surface area contributed by atoms with Crippen LogP contribution in [0.2, 0.25) is 0 Å². The van der Waals surface area contributed by atoms with Gasteiger partial charge in [-0.1, -0.05) is 13.8 Å². The average Bonchev–Trinajstić information content (AvgIpc) is 1.62. The zero-order valence-corrected chi connectivity index (χ0v) is 6.09. The molecular formula is C7H15NO. The Morgan fingerprint density at radius 1 is 1.56 bits per heavy atom. The lowest BCUT2D eigenvalue weighted by Gasteiger charge is -2.45. The molecule has 0 amide bonds. The Hall–Kier alpha value is -0.0800. The lowest BCUT2D eigenvalue weighted by atomic mass is 9.68. The summed E-state index contributed by atoms with van der Waals surface area (Å²) in [4.78, 5) is 0. The summed E-state index contributed by atoms with van der Waals surface area (Å²) >= 11 is 0. The predicted octanol–water partition coefficient (Wildman–Crippen LogP) is 0.495. The van der Waals surface area contributed by atoms with E-state index in [1.165, 1.54) is 0 Å². The van der Waals surface area contributed by atoms with Crippen molar-refractivity contribution in [2.45, 2.75) is 38.3 Å². The minimum Gasteiger partial charge on any atom is -0.393 e. The molecule has 1 rings (SSSR count). The van der Waals surface area contributed by atoms with Crippen molar-refractivity contribution in [3.05, 3.63) is 0 Å². The maximum atomic E-state index is 8.95. The first-order valence-electron chi connectivity index (χ1n) is 3.51. The molecule has 1 saturated carbocycles. The third kappa shape index (κ3) is 1.10. The minimum atomic E-state index is -0.127. The smallest absolute Gasteiger partial charge is 0.0575 e. The van der Waals surface area contributed by atoms with E-state index < -0.39 is 0 Å². The molecule has 0 atom stereocenters. The highest BCUT2D eigenvalue weighted by molar-refractivity contribution is 5.00. The Bertz CT molecular complexity index is 105. The Kier molecular flexibility index (Phi) is 1.53. The van der Waals surface area contributed by atoms with Crippen LogP contribution in [-0.4, -0.2) is 16.7 Å². The predicted molar refractivity (Wildman–Crippen MR) is 37.0 cm³/mol. The van der Waals surface area contributed by atoms with Gasteiger partial charge in [-0.05, 0) is 18.8 Å². The summed E-state index contributed by atoms with van der Waals surface area (Å²) in [6.45, 7) is 4.21. The fourth-order valence-corrected chi connectivity index (χ4v) is 1.29. The molecule has 3 N–H and O–H groups in total. The first kappa shape index (κ1) is 7.03. The fourth-order valence-electron chi connectivity index (χ4n) is 1.29. The number of aliphatic hydroxyl groups is 1. The highest BCUT2D eigenvalue weighted by Crippen LogP contribution is 2.35. The molecule has 0 heterocycles. The second-order valence-corrected chi connectivity index (χ2v) is 3.45. The van der Waals surface area contributed by atoms with Crippen molar-refractivity contribution in [1.82, 2.24) is 0 Å². The summed E-state index contributed by atoms with van der Waals surface area (Å²) < 4.78 is 0. The monoisotopic (exact) mass is 129 g/mol. The molecule has 0 aliphatic heterocycles. The van der Waals surface area contributed by atoms with Crippen LogP contribution in [-0.2, 0) is 0 Å². The van der Waals surface area contributed by atoms with Gasteiger partial charge in [-0.3, -0.25) is 0 Å². The molecular weight excluding hydrogens is 114 g/mol. The molecule has 0 unspecified atom stereocenters. The van der Waals surface area contributed by atoms with Crippen LogP contribution in [0.5, 0.6) is 0 Å². The fraction of sp³-hybridized carbons (Fsp3) is 1.00. The van der Waals surface area contributed by atoms with Crippen LogP contribution in [0.15, 0.2) is 0 Å². The number of rotatable bonds is 1. The van der Waals surface area contributed by atoms with Gasteiger partial charge in [-0.25, -0.2) is 0 Å². The van der Waals surface area contributed by atoms with Crippen LogP contribution in [0, 0.1) is 5.92 Å². The van der Waals surface area contributed by atoms with Crippen LogP contribution in [0.1, 0.15) is 26.7 Å². The maximum absolute atomic E-state index is 8.95. The standard InChI is InChI=1S/C7H15NO/c1-5(2)7(8)3-6(9)4-7/h5-6,9H,3-4,8H2,1-2H3. The average molecular weight is 129 g/mol. The molecule has 9 heavy (non-hydrogen) atoms. The normalized spacial score (nSPS) is 43.0. The van der Waals surface area contributed by atoms with Crippen LogP contribution in [0.4, 0.5) is 0 Å². The molecule has 54 valence electrons. The van der Waals surface area contributed by atoms with E-state index in [2.05, 4.69) is 13.8 Å². The van der Waals surface area contributed by atoms with E-state index in [0.29, 0.717) is 5.92 Å². The van der Waals surface area contributed by atoms with Crippen LogP contribution < -0.4 is 5.73 Å². The summed E-state index contributed by atoms with van der Waals surface area (Å²) in [7, 11) is 0. The minimum absolute atomic E-state index is 0.0561. The van der Waals surface area contributed by atoms with Gasteiger partial charge in [-0.2, -0.15) is 0 Å².